The SMILES string of the molecule is COC(=O)[C@H](C)NC(=O)[C@H](Cc1ccc(OCc2ccccc2)cc1)NC(=O)OC(C)(C)C. The minimum atomic E-state index is -0.956. The first-order valence-electron chi connectivity index (χ1n) is 10.7. The van der Waals surface area contributed by atoms with E-state index in [4.69, 9.17) is 9.47 Å². The molecule has 0 aromatic heterocycles. The van der Waals surface area contributed by atoms with Crippen molar-refractivity contribution in [2.24, 2.45) is 0 Å². The molecule has 2 rings (SSSR count). The van der Waals surface area contributed by atoms with Crippen LogP contribution in [-0.2, 0) is 32.1 Å². The third-order valence-electron chi connectivity index (χ3n) is 4.53. The number of rotatable bonds is 9. The third kappa shape index (κ3) is 9.22. The Kier molecular flexibility index (Phi) is 9.27. The summed E-state index contributed by atoms with van der Waals surface area (Å²) in [7, 11) is 1.24. The van der Waals surface area contributed by atoms with Crippen molar-refractivity contribution in [1.82, 2.24) is 10.6 Å². The standard InChI is InChI=1S/C25H32N2O6/c1-17(23(29)31-5)26-22(28)21(27-24(30)33-25(2,3)4)15-18-11-13-20(14-12-18)32-16-19-9-7-6-8-10-19/h6-14,17,21H,15-16H2,1-5H3,(H,26,28)(H,27,30)/t17-,21-/m0/s1. The Balaban J connectivity index is 2.06. The van der Waals surface area contributed by atoms with Gasteiger partial charge in [-0.3, -0.25) is 4.79 Å². The molecule has 0 aliphatic rings. The molecule has 2 amide bonds. The van der Waals surface area contributed by atoms with Gasteiger partial charge in [-0.05, 0) is 51.0 Å². The van der Waals surface area contributed by atoms with E-state index >= 15 is 0 Å². The Morgan fingerprint density at radius 1 is 0.909 bits per heavy atom. The van der Waals surface area contributed by atoms with E-state index in [0.29, 0.717) is 12.4 Å². The summed E-state index contributed by atoms with van der Waals surface area (Å²) in [5, 5.41) is 5.15. The van der Waals surface area contributed by atoms with Gasteiger partial charge in [-0.25, -0.2) is 9.59 Å². The summed E-state index contributed by atoms with van der Waals surface area (Å²) < 4.78 is 15.7. The molecular formula is C25H32N2O6. The van der Waals surface area contributed by atoms with E-state index in [2.05, 4.69) is 15.4 Å². The minimum absolute atomic E-state index is 0.192. The zero-order valence-electron chi connectivity index (χ0n) is 19.7. The van der Waals surface area contributed by atoms with Gasteiger partial charge in [-0.1, -0.05) is 42.5 Å². The zero-order chi connectivity index (χ0) is 24.4. The van der Waals surface area contributed by atoms with Gasteiger partial charge >= 0.3 is 12.1 Å². The first-order chi connectivity index (χ1) is 15.6. The largest absolute Gasteiger partial charge is 0.489 e. The Morgan fingerprint density at radius 2 is 1.55 bits per heavy atom. The van der Waals surface area contributed by atoms with Crippen LogP contribution in [0.2, 0.25) is 0 Å². The lowest BCUT2D eigenvalue weighted by molar-refractivity contribution is -0.144. The van der Waals surface area contributed by atoms with Crippen molar-refractivity contribution in [3.05, 3.63) is 65.7 Å². The molecule has 2 N–H and O–H groups in total. The van der Waals surface area contributed by atoms with Gasteiger partial charge in [0.2, 0.25) is 5.91 Å². The summed E-state index contributed by atoms with van der Waals surface area (Å²) in [6.45, 7) is 7.14. The smallest absolute Gasteiger partial charge is 0.408 e. The number of carbonyl (C=O) groups is 3. The highest BCUT2D eigenvalue weighted by atomic mass is 16.6. The molecule has 0 aliphatic carbocycles. The molecule has 178 valence electrons. The van der Waals surface area contributed by atoms with Crippen LogP contribution in [0, 0.1) is 0 Å². The van der Waals surface area contributed by atoms with Gasteiger partial charge in [-0.2, -0.15) is 0 Å². The number of carbonyl (C=O) groups excluding carboxylic acids is 3. The Bertz CT molecular complexity index is 922. The molecule has 0 saturated carbocycles. The molecule has 33 heavy (non-hydrogen) atoms. The predicted octanol–water partition coefficient (Wildman–Crippen LogP) is 3.38. The van der Waals surface area contributed by atoms with Crippen LogP contribution in [0.15, 0.2) is 54.6 Å². The molecule has 0 bridgehead atoms. The average Bonchev–Trinajstić information content (AvgIpc) is 2.76. The average molecular weight is 457 g/mol. The maximum atomic E-state index is 12.8. The van der Waals surface area contributed by atoms with Crippen LogP contribution in [0.5, 0.6) is 5.75 Å². The normalized spacial score (nSPS) is 12.8. The molecule has 0 unspecified atom stereocenters. The van der Waals surface area contributed by atoms with Gasteiger partial charge in [0.15, 0.2) is 0 Å². The summed E-state index contributed by atoms with van der Waals surface area (Å²) in [5.41, 5.74) is 1.13. The predicted molar refractivity (Wildman–Crippen MR) is 124 cm³/mol. The highest BCUT2D eigenvalue weighted by molar-refractivity contribution is 5.89. The number of ether oxygens (including phenoxy) is 3. The number of alkyl carbamates (subject to hydrolysis) is 1. The minimum Gasteiger partial charge on any atom is -0.489 e. The number of amides is 2. The van der Waals surface area contributed by atoms with E-state index in [1.165, 1.54) is 14.0 Å². The summed E-state index contributed by atoms with van der Waals surface area (Å²) in [6, 6.07) is 15.2. The van der Waals surface area contributed by atoms with Crippen LogP contribution < -0.4 is 15.4 Å². The second-order valence-electron chi connectivity index (χ2n) is 8.57. The number of methoxy groups -OCH3 is 1. The van der Waals surface area contributed by atoms with E-state index in [0.717, 1.165) is 11.1 Å². The highest BCUT2D eigenvalue weighted by Crippen LogP contribution is 2.16. The lowest BCUT2D eigenvalue weighted by Gasteiger charge is -2.24. The number of nitrogens with one attached hydrogen (secondary N) is 2. The molecule has 2 atom stereocenters. The molecule has 0 radical (unpaired) electrons. The van der Waals surface area contributed by atoms with Crippen LogP contribution in [-0.4, -0.2) is 42.8 Å². The zero-order valence-corrected chi connectivity index (χ0v) is 19.7. The maximum absolute atomic E-state index is 12.8. The quantitative estimate of drug-likeness (QED) is 0.561. The molecule has 0 aliphatic heterocycles. The molecule has 0 saturated heterocycles. The summed E-state index contributed by atoms with van der Waals surface area (Å²) in [6.07, 6.45) is -0.533. The van der Waals surface area contributed by atoms with E-state index in [1.54, 1.807) is 32.9 Å². The Labute approximate surface area is 194 Å². The van der Waals surface area contributed by atoms with Gasteiger partial charge < -0.3 is 24.8 Å². The number of hydrogen-bond donors (Lipinski definition) is 2. The first kappa shape index (κ1) is 25.7. The van der Waals surface area contributed by atoms with Crippen LogP contribution in [0.1, 0.15) is 38.8 Å². The van der Waals surface area contributed by atoms with Gasteiger partial charge in [-0.15, -0.1) is 0 Å². The van der Waals surface area contributed by atoms with Crippen LogP contribution in [0.25, 0.3) is 0 Å². The second kappa shape index (κ2) is 11.9. The molecular weight excluding hydrogens is 424 g/mol. The van der Waals surface area contributed by atoms with Crippen molar-refractivity contribution < 1.29 is 28.6 Å². The highest BCUT2D eigenvalue weighted by Gasteiger charge is 2.27. The molecule has 8 heteroatoms. The van der Waals surface area contributed by atoms with Crippen LogP contribution >= 0.6 is 0 Å². The van der Waals surface area contributed by atoms with E-state index < -0.39 is 35.7 Å². The van der Waals surface area contributed by atoms with Crippen LogP contribution in [0.4, 0.5) is 4.79 Å². The summed E-state index contributed by atoms with van der Waals surface area (Å²) in [5.74, 6) is -0.425. The number of esters is 1. The van der Waals surface area contributed by atoms with Gasteiger partial charge in [0.1, 0.15) is 30.0 Å². The van der Waals surface area contributed by atoms with Crippen molar-refractivity contribution >= 4 is 18.0 Å². The molecule has 0 fully saturated rings. The van der Waals surface area contributed by atoms with E-state index in [9.17, 15) is 14.4 Å². The fourth-order valence-corrected chi connectivity index (χ4v) is 2.91. The third-order valence-corrected chi connectivity index (χ3v) is 4.53. The fraction of sp³-hybridized carbons (Fsp3) is 0.400. The second-order valence-corrected chi connectivity index (χ2v) is 8.57. The molecule has 8 nitrogen and oxygen atoms in total. The van der Waals surface area contributed by atoms with Crippen molar-refractivity contribution in [2.45, 2.75) is 58.4 Å². The fourth-order valence-electron chi connectivity index (χ4n) is 2.91. The topological polar surface area (TPSA) is 103 Å². The van der Waals surface area contributed by atoms with Crippen molar-refractivity contribution in [2.75, 3.05) is 7.11 Å². The molecule has 0 heterocycles. The molecule has 2 aromatic rings. The maximum Gasteiger partial charge on any atom is 0.408 e. The number of benzene rings is 2. The summed E-state index contributed by atoms with van der Waals surface area (Å²) >= 11 is 0. The monoisotopic (exact) mass is 456 g/mol. The van der Waals surface area contributed by atoms with Gasteiger partial charge in [0, 0.05) is 6.42 Å². The molecule has 2 aromatic carbocycles. The van der Waals surface area contributed by atoms with Gasteiger partial charge in [0.25, 0.3) is 0 Å². The van der Waals surface area contributed by atoms with Gasteiger partial charge in [0.05, 0.1) is 7.11 Å². The number of hydrogen-bond acceptors (Lipinski definition) is 6. The van der Waals surface area contributed by atoms with Crippen molar-refractivity contribution in [1.29, 1.82) is 0 Å². The van der Waals surface area contributed by atoms with Crippen molar-refractivity contribution in [3.63, 3.8) is 0 Å². The molecule has 0 spiro atoms. The lowest BCUT2D eigenvalue weighted by atomic mass is 10.0. The summed E-state index contributed by atoms with van der Waals surface area (Å²) in [4.78, 5) is 36.8. The Morgan fingerprint density at radius 3 is 2.12 bits per heavy atom. The van der Waals surface area contributed by atoms with Crippen LogP contribution in [0.3, 0.4) is 0 Å². The van der Waals surface area contributed by atoms with Crippen molar-refractivity contribution in [3.8, 4) is 5.75 Å². The first-order valence-corrected chi connectivity index (χ1v) is 10.7. The van der Waals surface area contributed by atoms with E-state index in [1.807, 2.05) is 42.5 Å². The van der Waals surface area contributed by atoms with E-state index in [-0.39, 0.29) is 6.42 Å². The Hall–Kier alpha value is -3.55. The lowest BCUT2D eigenvalue weighted by Crippen LogP contribution is -2.52.